The highest BCUT2D eigenvalue weighted by atomic mass is 35.5. The molecule has 0 amide bonds. The Balaban J connectivity index is 2.20. The zero-order chi connectivity index (χ0) is 14.9. The first-order valence-electron chi connectivity index (χ1n) is 6.70. The lowest BCUT2D eigenvalue weighted by Crippen LogP contribution is -2.31. The van der Waals surface area contributed by atoms with E-state index in [1.807, 2.05) is 0 Å². The molecule has 1 aliphatic rings. The first-order chi connectivity index (χ1) is 9.29. The van der Waals surface area contributed by atoms with Crippen LogP contribution in [0.3, 0.4) is 0 Å². The second-order valence-electron chi connectivity index (χ2n) is 5.49. The van der Waals surface area contributed by atoms with E-state index in [9.17, 15) is 13.2 Å². The molecule has 0 spiro atoms. The maximum atomic E-state index is 12.8. The van der Waals surface area contributed by atoms with Crippen molar-refractivity contribution in [2.24, 2.45) is 5.92 Å². The van der Waals surface area contributed by atoms with Crippen molar-refractivity contribution in [1.82, 2.24) is 0 Å². The molecule has 0 aromatic heterocycles. The molecule has 0 atom stereocenters. The summed E-state index contributed by atoms with van der Waals surface area (Å²) in [5.74, 6) is 0.661. The van der Waals surface area contributed by atoms with Crippen LogP contribution in [0.15, 0.2) is 18.2 Å². The molecule has 0 saturated heterocycles. The molecule has 1 aliphatic carbocycles. The average molecular weight is 307 g/mol. The summed E-state index contributed by atoms with van der Waals surface area (Å²) in [6.45, 7) is 2.18. The Labute approximate surface area is 121 Å². The smallest absolute Gasteiger partial charge is 0.398 e. The maximum absolute atomic E-state index is 12.8. The molecule has 0 radical (unpaired) electrons. The minimum atomic E-state index is -4.46. The number of anilines is 2. The van der Waals surface area contributed by atoms with Gasteiger partial charge in [0.1, 0.15) is 0 Å². The van der Waals surface area contributed by atoms with E-state index in [1.54, 1.807) is 0 Å². The van der Waals surface area contributed by atoms with Crippen LogP contribution in [0.4, 0.5) is 24.5 Å². The van der Waals surface area contributed by atoms with Crippen molar-refractivity contribution < 1.29 is 13.2 Å². The van der Waals surface area contributed by atoms with Crippen LogP contribution in [0.5, 0.6) is 0 Å². The van der Waals surface area contributed by atoms with E-state index in [0.717, 1.165) is 31.7 Å². The second-order valence-corrected chi connectivity index (χ2v) is 5.86. The number of rotatable bonds is 2. The van der Waals surface area contributed by atoms with Gasteiger partial charge in [-0.2, -0.15) is 13.2 Å². The minimum Gasteiger partial charge on any atom is -0.398 e. The zero-order valence-electron chi connectivity index (χ0n) is 11.3. The Morgan fingerprint density at radius 1 is 1.20 bits per heavy atom. The van der Waals surface area contributed by atoms with Gasteiger partial charge in [-0.15, -0.1) is 0 Å². The van der Waals surface area contributed by atoms with Gasteiger partial charge in [-0.1, -0.05) is 6.92 Å². The highest BCUT2D eigenvalue weighted by molar-refractivity contribution is 6.26. The van der Waals surface area contributed by atoms with Gasteiger partial charge in [0, 0.05) is 23.5 Å². The summed E-state index contributed by atoms with van der Waals surface area (Å²) < 4.78 is 40.0. The van der Waals surface area contributed by atoms with Crippen molar-refractivity contribution in [3.63, 3.8) is 0 Å². The molecule has 2 nitrogen and oxygen atoms in total. The van der Waals surface area contributed by atoms with E-state index in [0.29, 0.717) is 11.6 Å². The molecule has 0 unspecified atom stereocenters. The Bertz CT molecular complexity index is 468. The highest BCUT2D eigenvalue weighted by Crippen LogP contribution is 2.38. The lowest BCUT2D eigenvalue weighted by molar-refractivity contribution is -0.136. The molecule has 0 heterocycles. The fourth-order valence-electron chi connectivity index (χ4n) is 2.60. The number of halogens is 4. The Morgan fingerprint density at radius 3 is 2.35 bits per heavy atom. The molecular weight excluding hydrogens is 289 g/mol. The predicted octanol–water partition coefficient (Wildman–Crippen LogP) is 4.83. The molecule has 1 aromatic rings. The molecule has 1 aromatic carbocycles. The largest absolute Gasteiger partial charge is 0.418 e. The third-order valence-corrected chi connectivity index (χ3v) is 4.37. The maximum Gasteiger partial charge on any atom is 0.418 e. The second kappa shape index (κ2) is 5.72. The number of hydrogen-bond acceptors (Lipinski definition) is 2. The number of benzene rings is 1. The lowest BCUT2D eigenvalue weighted by atomic mass is 9.87. The van der Waals surface area contributed by atoms with E-state index in [1.165, 1.54) is 16.6 Å². The van der Waals surface area contributed by atoms with Crippen molar-refractivity contribution >= 4 is 23.2 Å². The third kappa shape index (κ3) is 3.32. The van der Waals surface area contributed by atoms with Gasteiger partial charge < -0.3 is 5.73 Å². The van der Waals surface area contributed by atoms with Gasteiger partial charge in [-0.25, -0.2) is 0 Å². The fraction of sp³-hybridized carbons (Fsp3) is 0.571. The monoisotopic (exact) mass is 306 g/mol. The summed E-state index contributed by atoms with van der Waals surface area (Å²) in [4.78, 5) is 0. The van der Waals surface area contributed by atoms with Crippen LogP contribution in [0.25, 0.3) is 0 Å². The molecule has 2 rings (SSSR count). The SMILES string of the molecule is CC1CCC(N(Cl)c2ccc(N)c(C(F)(F)F)c2)CC1. The van der Waals surface area contributed by atoms with Gasteiger partial charge in [-0.05, 0) is 49.8 Å². The van der Waals surface area contributed by atoms with Gasteiger partial charge in [0.05, 0.1) is 11.3 Å². The van der Waals surface area contributed by atoms with Crippen molar-refractivity contribution in [2.45, 2.75) is 44.8 Å². The number of hydrogen-bond donors (Lipinski definition) is 1. The molecule has 6 heteroatoms. The van der Waals surface area contributed by atoms with Crippen molar-refractivity contribution in [3.05, 3.63) is 23.8 Å². The summed E-state index contributed by atoms with van der Waals surface area (Å²) >= 11 is 6.23. The van der Waals surface area contributed by atoms with Crippen molar-refractivity contribution in [2.75, 3.05) is 10.2 Å². The van der Waals surface area contributed by atoms with Gasteiger partial charge in [-0.3, -0.25) is 4.42 Å². The van der Waals surface area contributed by atoms with E-state index >= 15 is 0 Å². The zero-order valence-corrected chi connectivity index (χ0v) is 12.0. The Hall–Kier alpha value is -1.10. The summed E-state index contributed by atoms with van der Waals surface area (Å²) in [5.41, 5.74) is 4.64. The molecular formula is C14H18ClF3N2. The average Bonchev–Trinajstić information content (AvgIpc) is 2.38. The summed E-state index contributed by atoms with van der Waals surface area (Å²) in [5, 5.41) is 0. The Kier molecular flexibility index (Phi) is 4.37. The molecule has 112 valence electrons. The molecule has 2 N–H and O–H groups in total. The van der Waals surface area contributed by atoms with Crippen LogP contribution >= 0.6 is 11.8 Å². The minimum absolute atomic E-state index is 0.0811. The highest BCUT2D eigenvalue weighted by Gasteiger charge is 2.34. The van der Waals surface area contributed by atoms with E-state index < -0.39 is 11.7 Å². The van der Waals surface area contributed by atoms with Crippen LogP contribution in [0, 0.1) is 5.92 Å². The first kappa shape index (κ1) is 15.3. The van der Waals surface area contributed by atoms with Gasteiger partial charge in [0.2, 0.25) is 0 Å². The van der Waals surface area contributed by atoms with Gasteiger partial charge >= 0.3 is 6.18 Å². The molecule has 0 aliphatic heterocycles. The van der Waals surface area contributed by atoms with Gasteiger partial charge in [0.15, 0.2) is 0 Å². The molecule has 1 saturated carbocycles. The van der Waals surface area contributed by atoms with Crippen molar-refractivity contribution in [3.8, 4) is 0 Å². The number of nitrogens with zero attached hydrogens (tertiary/aromatic N) is 1. The summed E-state index contributed by atoms with van der Waals surface area (Å²) in [7, 11) is 0. The van der Waals surface area contributed by atoms with Crippen LogP contribution in [0.2, 0.25) is 0 Å². The predicted molar refractivity (Wildman–Crippen MR) is 75.6 cm³/mol. The van der Waals surface area contributed by atoms with Gasteiger partial charge in [0.25, 0.3) is 0 Å². The summed E-state index contributed by atoms with van der Waals surface area (Å²) in [6, 6.07) is 3.91. The van der Waals surface area contributed by atoms with Crippen LogP contribution in [-0.4, -0.2) is 6.04 Å². The van der Waals surface area contributed by atoms with E-state index in [2.05, 4.69) is 6.92 Å². The van der Waals surface area contributed by atoms with Crippen LogP contribution < -0.4 is 10.2 Å². The number of nitrogen functional groups attached to an aromatic ring is 1. The summed E-state index contributed by atoms with van der Waals surface area (Å²) in [6.07, 6.45) is -0.560. The molecule has 20 heavy (non-hydrogen) atoms. The number of nitrogens with two attached hydrogens (primary N) is 1. The van der Waals surface area contributed by atoms with Crippen LogP contribution in [0.1, 0.15) is 38.2 Å². The van der Waals surface area contributed by atoms with E-state index in [-0.39, 0.29) is 11.7 Å². The third-order valence-electron chi connectivity index (χ3n) is 3.89. The number of alkyl halides is 3. The van der Waals surface area contributed by atoms with Crippen molar-refractivity contribution in [1.29, 1.82) is 0 Å². The van der Waals surface area contributed by atoms with Crippen LogP contribution in [-0.2, 0) is 6.18 Å². The van der Waals surface area contributed by atoms with E-state index in [4.69, 9.17) is 17.5 Å². The molecule has 0 bridgehead atoms. The molecule has 1 fully saturated rings. The first-order valence-corrected chi connectivity index (χ1v) is 7.04. The topological polar surface area (TPSA) is 29.3 Å². The fourth-order valence-corrected chi connectivity index (χ4v) is 2.90. The standard InChI is InChI=1S/C14H18ClF3N2/c1-9-2-4-10(5-3-9)20(15)11-6-7-13(19)12(8-11)14(16,17)18/h6-10H,2-5,19H2,1H3. The quantitative estimate of drug-likeness (QED) is 0.626. The normalized spacial score (nSPS) is 23.6. The Morgan fingerprint density at radius 2 is 1.80 bits per heavy atom. The lowest BCUT2D eigenvalue weighted by Gasteiger charge is -2.33.